The predicted molar refractivity (Wildman–Crippen MR) is 79.1 cm³/mol. The van der Waals surface area contributed by atoms with Crippen LogP contribution in [0.4, 0.5) is 0 Å². The second-order valence-electron chi connectivity index (χ2n) is 8.19. The van der Waals surface area contributed by atoms with Gasteiger partial charge in [-0.3, -0.25) is 0 Å². The van der Waals surface area contributed by atoms with Crippen molar-refractivity contribution in [3.8, 4) is 0 Å². The van der Waals surface area contributed by atoms with Crippen LogP contribution in [0.2, 0.25) is 0 Å². The van der Waals surface area contributed by atoms with Gasteiger partial charge in [0.1, 0.15) is 5.01 Å². The molecule has 4 saturated carbocycles. The Morgan fingerprint density at radius 3 is 2.53 bits per heavy atom. The highest BCUT2D eigenvalue weighted by Gasteiger charge is 2.59. The largest absolute Gasteiger partial charge is 0.305 e. The maximum Gasteiger partial charge on any atom is 0.106 e. The van der Waals surface area contributed by atoms with Crippen LogP contribution in [0.3, 0.4) is 0 Å². The van der Waals surface area contributed by atoms with Crippen molar-refractivity contribution in [2.45, 2.75) is 64.5 Å². The molecule has 5 rings (SSSR count). The summed E-state index contributed by atoms with van der Waals surface area (Å²) in [7, 11) is 0. The summed E-state index contributed by atoms with van der Waals surface area (Å²) >= 11 is 1.78. The van der Waals surface area contributed by atoms with Gasteiger partial charge in [-0.2, -0.15) is 0 Å². The van der Waals surface area contributed by atoms with Gasteiger partial charge >= 0.3 is 0 Å². The van der Waals surface area contributed by atoms with Crippen molar-refractivity contribution >= 4 is 11.3 Å². The lowest BCUT2D eigenvalue weighted by Gasteiger charge is -2.65. The Bertz CT molecular complexity index is 463. The molecule has 1 aromatic heterocycles. The number of thiazole rings is 1. The number of nitrogens with one attached hydrogen (secondary N) is 1. The van der Waals surface area contributed by atoms with E-state index in [4.69, 9.17) is 0 Å². The van der Waals surface area contributed by atoms with E-state index in [1.165, 1.54) is 43.5 Å². The van der Waals surface area contributed by atoms with Crippen LogP contribution in [-0.2, 0) is 6.54 Å². The van der Waals surface area contributed by atoms with Crippen LogP contribution in [0, 0.1) is 16.7 Å². The van der Waals surface area contributed by atoms with Crippen LogP contribution < -0.4 is 5.32 Å². The summed E-state index contributed by atoms with van der Waals surface area (Å²) < 4.78 is 0. The van der Waals surface area contributed by atoms with E-state index in [0.717, 1.165) is 12.5 Å². The van der Waals surface area contributed by atoms with Crippen LogP contribution in [0.5, 0.6) is 0 Å². The van der Waals surface area contributed by atoms with Gasteiger partial charge in [0.15, 0.2) is 0 Å². The molecule has 0 aliphatic heterocycles. The highest BCUT2D eigenvalue weighted by molar-refractivity contribution is 7.09. The Hall–Kier alpha value is -0.410. The van der Waals surface area contributed by atoms with Gasteiger partial charge in [0.05, 0.1) is 0 Å². The fourth-order valence-electron chi connectivity index (χ4n) is 6.25. The first-order valence-electron chi connectivity index (χ1n) is 7.62. The van der Waals surface area contributed by atoms with Crippen LogP contribution >= 0.6 is 11.3 Å². The van der Waals surface area contributed by atoms with Gasteiger partial charge in [-0.1, -0.05) is 13.8 Å². The van der Waals surface area contributed by atoms with E-state index < -0.39 is 0 Å². The zero-order chi connectivity index (χ0) is 13.1. The molecule has 0 aromatic carbocycles. The first-order valence-corrected chi connectivity index (χ1v) is 8.50. The van der Waals surface area contributed by atoms with Crippen molar-refractivity contribution in [2.75, 3.05) is 0 Å². The topological polar surface area (TPSA) is 24.9 Å². The van der Waals surface area contributed by atoms with Crippen LogP contribution in [0.15, 0.2) is 11.6 Å². The third kappa shape index (κ3) is 2.06. The molecule has 4 fully saturated rings. The minimum absolute atomic E-state index is 0.411. The van der Waals surface area contributed by atoms with Gasteiger partial charge in [-0.15, -0.1) is 11.3 Å². The normalized spacial score (nSPS) is 47.8. The second kappa shape index (κ2) is 3.82. The van der Waals surface area contributed by atoms with E-state index in [-0.39, 0.29) is 0 Å². The molecule has 0 amide bonds. The van der Waals surface area contributed by atoms with Crippen molar-refractivity contribution in [3.05, 3.63) is 16.6 Å². The molecule has 104 valence electrons. The Balaban J connectivity index is 1.57. The molecule has 4 aliphatic carbocycles. The van der Waals surface area contributed by atoms with Gasteiger partial charge in [0.25, 0.3) is 0 Å². The van der Waals surface area contributed by atoms with E-state index in [9.17, 15) is 0 Å². The minimum atomic E-state index is 0.411. The van der Waals surface area contributed by atoms with Crippen LogP contribution in [-0.4, -0.2) is 10.5 Å². The smallest absolute Gasteiger partial charge is 0.106 e. The number of hydrogen-bond acceptors (Lipinski definition) is 3. The Morgan fingerprint density at radius 2 is 1.95 bits per heavy atom. The zero-order valence-electron chi connectivity index (χ0n) is 12.0. The molecule has 4 aliphatic rings. The first-order chi connectivity index (χ1) is 8.99. The van der Waals surface area contributed by atoms with Gasteiger partial charge in [-0.05, 0) is 55.3 Å². The molecule has 0 radical (unpaired) electrons. The summed E-state index contributed by atoms with van der Waals surface area (Å²) in [6, 6.07) is 0. The lowest BCUT2D eigenvalue weighted by Crippen LogP contribution is -2.63. The molecular weight excluding hydrogens is 252 g/mol. The van der Waals surface area contributed by atoms with E-state index in [1.807, 2.05) is 6.20 Å². The average Bonchev–Trinajstić information content (AvgIpc) is 2.73. The molecule has 1 N–H and O–H groups in total. The molecule has 1 heterocycles. The van der Waals surface area contributed by atoms with Crippen molar-refractivity contribution in [3.63, 3.8) is 0 Å². The standard InChI is InChI=1S/C16H24N2S/c1-14-5-12-6-15(2,9-14)11-16(7-12,10-14)18-8-13-17-3-4-19-13/h3-4,12,18H,5-11H2,1-2H3. The van der Waals surface area contributed by atoms with Gasteiger partial charge in [0, 0.05) is 23.7 Å². The summed E-state index contributed by atoms with van der Waals surface area (Å²) in [6.45, 7) is 6.04. The minimum Gasteiger partial charge on any atom is -0.305 e. The second-order valence-corrected chi connectivity index (χ2v) is 9.17. The van der Waals surface area contributed by atoms with Crippen molar-refractivity contribution in [1.82, 2.24) is 10.3 Å². The first kappa shape index (κ1) is 12.3. The van der Waals surface area contributed by atoms with Crippen LogP contribution in [0.1, 0.15) is 57.4 Å². The molecule has 4 bridgehead atoms. The zero-order valence-corrected chi connectivity index (χ0v) is 12.9. The van der Waals surface area contributed by atoms with Crippen molar-refractivity contribution in [1.29, 1.82) is 0 Å². The summed E-state index contributed by atoms with van der Waals surface area (Å²) in [5.74, 6) is 0.968. The third-order valence-electron chi connectivity index (χ3n) is 5.72. The lowest BCUT2D eigenvalue weighted by atomic mass is 9.43. The van der Waals surface area contributed by atoms with Gasteiger partial charge < -0.3 is 5.32 Å². The van der Waals surface area contributed by atoms with Gasteiger partial charge in [0.2, 0.25) is 0 Å². The molecule has 2 nitrogen and oxygen atoms in total. The lowest BCUT2D eigenvalue weighted by molar-refractivity contribution is -0.118. The highest BCUT2D eigenvalue weighted by Crippen LogP contribution is 2.66. The summed E-state index contributed by atoms with van der Waals surface area (Å²) in [4.78, 5) is 4.42. The van der Waals surface area contributed by atoms with Gasteiger partial charge in [-0.25, -0.2) is 4.98 Å². The van der Waals surface area contributed by atoms with E-state index in [0.29, 0.717) is 16.4 Å². The molecule has 3 heteroatoms. The number of aromatic nitrogens is 1. The number of hydrogen-bond donors (Lipinski definition) is 1. The summed E-state index contributed by atoms with van der Waals surface area (Å²) in [5.41, 5.74) is 1.61. The maximum absolute atomic E-state index is 4.42. The quantitative estimate of drug-likeness (QED) is 0.903. The Labute approximate surface area is 120 Å². The number of rotatable bonds is 3. The van der Waals surface area contributed by atoms with Crippen molar-refractivity contribution < 1.29 is 0 Å². The predicted octanol–water partition coefficient (Wildman–Crippen LogP) is 3.98. The molecule has 1 aromatic rings. The Kier molecular flexibility index (Phi) is 2.48. The fourth-order valence-corrected chi connectivity index (χ4v) is 6.80. The van der Waals surface area contributed by atoms with Crippen molar-refractivity contribution in [2.24, 2.45) is 16.7 Å². The average molecular weight is 276 g/mol. The van der Waals surface area contributed by atoms with E-state index in [2.05, 4.69) is 29.5 Å². The Morgan fingerprint density at radius 1 is 1.21 bits per heavy atom. The molecule has 0 spiro atoms. The highest BCUT2D eigenvalue weighted by atomic mass is 32.1. The summed E-state index contributed by atoms with van der Waals surface area (Å²) in [6.07, 6.45) is 10.5. The molecular formula is C16H24N2S. The number of nitrogens with zero attached hydrogens (tertiary/aromatic N) is 1. The molecule has 0 saturated heterocycles. The maximum atomic E-state index is 4.42. The fraction of sp³-hybridized carbons (Fsp3) is 0.812. The SMILES string of the molecule is CC12CC3CC(C)(C1)CC(NCc1nccs1)(C3)C2. The monoisotopic (exact) mass is 276 g/mol. The van der Waals surface area contributed by atoms with E-state index >= 15 is 0 Å². The third-order valence-corrected chi connectivity index (χ3v) is 6.50. The molecule has 2 unspecified atom stereocenters. The van der Waals surface area contributed by atoms with E-state index in [1.54, 1.807) is 11.3 Å². The molecule has 2 atom stereocenters. The van der Waals surface area contributed by atoms with Crippen LogP contribution in [0.25, 0.3) is 0 Å². The molecule has 19 heavy (non-hydrogen) atoms. The summed E-state index contributed by atoms with van der Waals surface area (Å²) in [5, 5.41) is 7.25.